The molecule has 2 saturated heterocycles. The van der Waals surface area contributed by atoms with Crippen LogP contribution in [0.25, 0.3) is 0 Å². The Morgan fingerprint density at radius 2 is 1.75 bits per heavy atom. The maximum Gasteiger partial charge on any atom is 0.323 e. The third-order valence-electron chi connectivity index (χ3n) is 7.70. The van der Waals surface area contributed by atoms with Crippen LogP contribution in [-0.2, 0) is 11.2 Å². The number of rotatable bonds is 8. The number of urea groups is 1. The van der Waals surface area contributed by atoms with Gasteiger partial charge in [0.2, 0.25) is 11.8 Å². The maximum atomic E-state index is 14.8. The van der Waals surface area contributed by atoms with E-state index < -0.39 is 17.5 Å². The van der Waals surface area contributed by atoms with Crippen LogP contribution in [0, 0.1) is 11.6 Å². The fourth-order valence-electron chi connectivity index (χ4n) is 5.09. The van der Waals surface area contributed by atoms with Crippen molar-refractivity contribution in [2.24, 2.45) is 0 Å². The summed E-state index contributed by atoms with van der Waals surface area (Å²) in [5, 5.41) is 8.00. The minimum atomic E-state index is -0.707. The Morgan fingerprint density at radius 3 is 2.43 bits per heavy atom. The van der Waals surface area contributed by atoms with E-state index >= 15 is 0 Å². The number of anilines is 2. The Bertz CT molecular complexity index is 1500. The SMILES string of the molecule is CN(C)C1CN(C2CCN(C(=O)Nc3cc(Oc4ccc(NC(=S)NC(=O)Cc5ccc(F)cc5)cc4F)ncn3)CC2)C1. The molecule has 3 aromatic rings. The predicted octanol–water partition coefficient (Wildman–Crippen LogP) is 3.84. The first-order chi connectivity index (χ1) is 21.1. The summed E-state index contributed by atoms with van der Waals surface area (Å²) in [7, 11) is 4.21. The van der Waals surface area contributed by atoms with Gasteiger partial charge < -0.3 is 25.2 Å². The standard InChI is InChI=1S/C30H34F2N8O3S/c1-38(2)23-16-40(17-23)22-9-11-39(12-10-22)30(42)36-26-15-28(34-18-33-26)43-25-8-7-21(14-24(25)32)35-29(44)37-27(41)13-19-3-5-20(31)6-4-19/h3-8,14-15,18,22-23H,9-13,16-17H2,1-2H3,(H,33,34,36,42)(H2,35,37,41,44). The third-order valence-corrected chi connectivity index (χ3v) is 7.91. The molecular weight excluding hydrogens is 590 g/mol. The number of aromatic nitrogens is 2. The van der Waals surface area contributed by atoms with Gasteiger partial charge in [-0.3, -0.25) is 15.0 Å². The second kappa shape index (κ2) is 14.0. The number of halogens is 2. The average Bonchev–Trinajstić information content (AvgIpc) is 2.95. The number of nitrogens with zero attached hydrogens (tertiary/aromatic N) is 5. The van der Waals surface area contributed by atoms with Crippen molar-refractivity contribution in [3.8, 4) is 11.6 Å². The molecule has 11 nitrogen and oxygen atoms in total. The number of hydrogen-bond acceptors (Lipinski definition) is 8. The van der Waals surface area contributed by atoms with E-state index in [1.807, 2.05) is 0 Å². The van der Waals surface area contributed by atoms with Crippen LogP contribution in [0.4, 0.5) is 25.1 Å². The molecule has 2 fully saturated rings. The third kappa shape index (κ3) is 8.21. The largest absolute Gasteiger partial charge is 0.436 e. The number of ether oxygens (including phenoxy) is 1. The van der Waals surface area contributed by atoms with E-state index in [4.69, 9.17) is 17.0 Å². The number of likely N-dealkylation sites (tertiary alicyclic amines) is 2. The van der Waals surface area contributed by atoms with Crippen molar-refractivity contribution in [3.63, 3.8) is 0 Å². The van der Waals surface area contributed by atoms with Crippen LogP contribution >= 0.6 is 12.2 Å². The normalized spacial score (nSPS) is 15.9. The molecule has 14 heteroatoms. The van der Waals surface area contributed by atoms with Crippen LogP contribution in [0.15, 0.2) is 54.9 Å². The zero-order valence-corrected chi connectivity index (χ0v) is 25.2. The Morgan fingerprint density at radius 1 is 1.02 bits per heavy atom. The Hall–Kier alpha value is -4.27. The smallest absolute Gasteiger partial charge is 0.323 e. The molecular formula is C30H34F2N8O3S. The summed E-state index contributed by atoms with van der Waals surface area (Å²) in [5.74, 6) is -1.33. The lowest BCUT2D eigenvalue weighted by Crippen LogP contribution is -2.62. The number of carbonyl (C=O) groups excluding carboxylic acids is 2. The molecule has 0 spiro atoms. The van der Waals surface area contributed by atoms with Crippen molar-refractivity contribution in [3.05, 3.63) is 72.1 Å². The second-order valence-corrected chi connectivity index (χ2v) is 11.4. The number of piperidine rings is 1. The number of hydrogen-bond donors (Lipinski definition) is 3. The minimum Gasteiger partial charge on any atom is -0.436 e. The van der Waals surface area contributed by atoms with Crippen molar-refractivity contribution < 1.29 is 23.1 Å². The number of thiocarbonyl (C=S) groups is 1. The van der Waals surface area contributed by atoms with Crippen molar-refractivity contribution in [1.82, 2.24) is 30.0 Å². The van der Waals surface area contributed by atoms with Crippen LogP contribution in [0.1, 0.15) is 18.4 Å². The van der Waals surface area contributed by atoms with Crippen molar-refractivity contribution in [2.45, 2.75) is 31.3 Å². The van der Waals surface area contributed by atoms with Crippen molar-refractivity contribution >= 4 is 40.8 Å². The van der Waals surface area contributed by atoms with Gasteiger partial charge in [0, 0.05) is 56.1 Å². The summed E-state index contributed by atoms with van der Waals surface area (Å²) in [6.45, 7) is 3.44. The van der Waals surface area contributed by atoms with Gasteiger partial charge in [-0.2, -0.15) is 0 Å². The van der Waals surface area contributed by atoms with Crippen LogP contribution < -0.4 is 20.7 Å². The molecule has 232 valence electrons. The minimum absolute atomic E-state index is 0.000501. The molecule has 5 rings (SSSR count). The molecule has 2 aromatic carbocycles. The van der Waals surface area contributed by atoms with E-state index in [-0.39, 0.29) is 40.7 Å². The Labute approximate surface area is 259 Å². The molecule has 3 N–H and O–H groups in total. The lowest BCUT2D eigenvalue weighted by Gasteiger charge is -2.49. The molecule has 3 amide bonds. The van der Waals surface area contributed by atoms with Gasteiger partial charge in [-0.05, 0) is 69.0 Å². The Kier molecular flexibility index (Phi) is 9.92. The number of amides is 3. The number of benzene rings is 2. The topological polar surface area (TPSA) is 115 Å². The van der Waals surface area contributed by atoms with Gasteiger partial charge in [-0.25, -0.2) is 23.5 Å². The summed E-state index contributed by atoms with van der Waals surface area (Å²) >= 11 is 5.15. The zero-order valence-electron chi connectivity index (χ0n) is 24.4. The predicted molar refractivity (Wildman–Crippen MR) is 166 cm³/mol. The molecule has 44 heavy (non-hydrogen) atoms. The molecule has 3 heterocycles. The fraction of sp³-hybridized carbons (Fsp3) is 0.367. The van der Waals surface area contributed by atoms with Gasteiger partial charge in [-0.1, -0.05) is 12.1 Å². The van der Waals surface area contributed by atoms with E-state index in [1.54, 1.807) is 4.90 Å². The van der Waals surface area contributed by atoms with Gasteiger partial charge in [0.15, 0.2) is 16.7 Å². The van der Waals surface area contributed by atoms with Gasteiger partial charge in [-0.15, -0.1) is 0 Å². The first kappa shape index (κ1) is 31.2. The molecule has 0 saturated carbocycles. The quantitative estimate of drug-likeness (QED) is 0.322. The highest BCUT2D eigenvalue weighted by Gasteiger charge is 2.35. The lowest BCUT2D eigenvalue weighted by atomic mass is 9.97. The van der Waals surface area contributed by atoms with Crippen molar-refractivity contribution in [1.29, 1.82) is 0 Å². The summed E-state index contributed by atoms with van der Waals surface area (Å²) < 4.78 is 33.5. The van der Waals surface area contributed by atoms with Crippen LogP contribution in [-0.4, -0.2) is 94.1 Å². The van der Waals surface area contributed by atoms with E-state index in [2.05, 4.69) is 49.8 Å². The number of carbonyl (C=O) groups is 2. The molecule has 2 aliphatic heterocycles. The highest BCUT2D eigenvalue weighted by atomic mass is 32.1. The average molecular weight is 625 g/mol. The van der Waals surface area contributed by atoms with Crippen LogP contribution in [0.2, 0.25) is 0 Å². The van der Waals surface area contributed by atoms with Gasteiger partial charge in [0.05, 0.1) is 6.42 Å². The summed E-state index contributed by atoms with van der Waals surface area (Å²) in [5.41, 5.74) is 0.903. The molecule has 2 aliphatic rings. The van der Waals surface area contributed by atoms with Gasteiger partial charge >= 0.3 is 6.03 Å². The first-order valence-electron chi connectivity index (χ1n) is 14.2. The zero-order chi connectivity index (χ0) is 31.2. The molecule has 0 bridgehead atoms. The molecule has 0 radical (unpaired) electrons. The van der Waals surface area contributed by atoms with E-state index in [0.29, 0.717) is 30.7 Å². The van der Waals surface area contributed by atoms with Gasteiger partial charge in [0.25, 0.3) is 0 Å². The molecule has 1 aromatic heterocycles. The summed E-state index contributed by atoms with van der Waals surface area (Å²) in [6.07, 6.45) is 3.06. The highest BCUT2D eigenvalue weighted by Crippen LogP contribution is 2.27. The van der Waals surface area contributed by atoms with E-state index in [0.717, 1.165) is 32.0 Å². The van der Waals surface area contributed by atoms with Crippen LogP contribution in [0.3, 0.4) is 0 Å². The summed E-state index contributed by atoms with van der Waals surface area (Å²) in [6, 6.07) is 11.9. The summed E-state index contributed by atoms with van der Waals surface area (Å²) in [4.78, 5) is 39.7. The molecule has 0 aliphatic carbocycles. The second-order valence-electron chi connectivity index (χ2n) is 11.0. The fourth-order valence-corrected chi connectivity index (χ4v) is 5.33. The maximum absolute atomic E-state index is 14.8. The number of nitrogens with one attached hydrogen (secondary N) is 3. The highest BCUT2D eigenvalue weighted by molar-refractivity contribution is 7.80. The van der Waals surface area contributed by atoms with Crippen LogP contribution in [0.5, 0.6) is 11.6 Å². The Balaban J connectivity index is 1.08. The molecule has 0 atom stereocenters. The van der Waals surface area contributed by atoms with E-state index in [1.165, 1.54) is 48.8 Å². The van der Waals surface area contributed by atoms with Crippen molar-refractivity contribution in [2.75, 3.05) is 50.9 Å². The van der Waals surface area contributed by atoms with E-state index in [9.17, 15) is 18.4 Å². The number of likely N-dealkylation sites (N-methyl/N-ethyl adjacent to an activating group) is 1. The first-order valence-corrected chi connectivity index (χ1v) is 14.6. The van der Waals surface area contributed by atoms with Gasteiger partial charge in [0.1, 0.15) is 18.0 Å². The monoisotopic (exact) mass is 624 g/mol. The lowest BCUT2D eigenvalue weighted by molar-refractivity contribution is -0.119. The molecule has 0 unspecified atom stereocenters.